The highest BCUT2D eigenvalue weighted by molar-refractivity contribution is 5.86. The fourth-order valence-electron chi connectivity index (χ4n) is 0.936. The third-order valence-electron chi connectivity index (χ3n) is 1.70. The Morgan fingerprint density at radius 2 is 2.12 bits per heavy atom. The zero-order chi connectivity index (χ0) is 12.2. The number of rotatable bonds is 2. The number of esters is 1. The van der Waals surface area contributed by atoms with Crippen LogP contribution in [0.5, 0.6) is 0 Å². The molecule has 0 atom stereocenters. The second-order valence-corrected chi connectivity index (χ2v) is 2.86. The number of ether oxygens (including phenoxy) is 1. The van der Waals surface area contributed by atoms with Gasteiger partial charge in [-0.2, -0.15) is 13.2 Å². The lowest BCUT2D eigenvalue weighted by atomic mass is 10.2. The van der Waals surface area contributed by atoms with E-state index in [2.05, 4.69) is 9.72 Å². The molecule has 0 fully saturated rings. The summed E-state index contributed by atoms with van der Waals surface area (Å²) in [6.07, 6.45) is -0.280. The van der Waals surface area contributed by atoms with Gasteiger partial charge in [0.1, 0.15) is 0 Å². The van der Waals surface area contributed by atoms with Crippen molar-refractivity contribution >= 4 is 12.0 Å². The Bertz CT molecular complexity index is 413. The molecule has 86 valence electrons. The number of carbonyl (C=O) groups excluding carboxylic acids is 1. The van der Waals surface area contributed by atoms with Gasteiger partial charge in [0, 0.05) is 18.5 Å². The topological polar surface area (TPSA) is 39.2 Å². The number of hydrogen-bond acceptors (Lipinski definition) is 3. The highest BCUT2D eigenvalue weighted by Crippen LogP contribution is 2.28. The first kappa shape index (κ1) is 12.2. The quantitative estimate of drug-likeness (QED) is 0.579. The van der Waals surface area contributed by atoms with Crippen molar-refractivity contribution in [2.45, 2.75) is 6.18 Å². The van der Waals surface area contributed by atoms with Gasteiger partial charge in [-0.3, -0.25) is 4.98 Å². The van der Waals surface area contributed by atoms with E-state index in [-0.39, 0.29) is 5.56 Å². The molecule has 0 amide bonds. The summed E-state index contributed by atoms with van der Waals surface area (Å²) >= 11 is 0. The van der Waals surface area contributed by atoms with Crippen LogP contribution in [-0.2, 0) is 15.7 Å². The van der Waals surface area contributed by atoms with Crippen LogP contribution >= 0.6 is 0 Å². The van der Waals surface area contributed by atoms with E-state index < -0.39 is 17.7 Å². The molecule has 0 unspecified atom stereocenters. The summed E-state index contributed by atoms with van der Waals surface area (Å²) in [6.45, 7) is 0. The summed E-state index contributed by atoms with van der Waals surface area (Å²) in [5.74, 6) is -0.641. The van der Waals surface area contributed by atoms with Crippen LogP contribution in [0, 0.1) is 0 Å². The Labute approximate surface area is 89.6 Å². The Morgan fingerprint density at radius 3 is 2.69 bits per heavy atom. The average Bonchev–Trinajstić information content (AvgIpc) is 2.25. The monoisotopic (exact) mass is 231 g/mol. The second-order valence-electron chi connectivity index (χ2n) is 2.86. The van der Waals surface area contributed by atoms with Gasteiger partial charge >= 0.3 is 12.1 Å². The minimum absolute atomic E-state index is 0.181. The van der Waals surface area contributed by atoms with Gasteiger partial charge in [-0.15, -0.1) is 0 Å². The first-order chi connectivity index (χ1) is 7.43. The number of aromatic nitrogens is 1. The van der Waals surface area contributed by atoms with E-state index in [0.29, 0.717) is 0 Å². The molecule has 1 aromatic rings. The third kappa shape index (κ3) is 3.38. The maximum atomic E-state index is 12.3. The number of methoxy groups -OCH3 is 1. The Kier molecular flexibility index (Phi) is 3.65. The van der Waals surface area contributed by atoms with Gasteiger partial charge in [-0.25, -0.2) is 4.79 Å². The number of pyridine rings is 1. The van der Waals surface area contributed by atoms with Crippen molar-refractivity contribution < 1.29 is 22.7 Å². The molecule has 1 aromatic heterocycles. The third-order valence-corrected chi connectivity index (χ3v) is 1.70. The van der Waals surface area contributed by atoms with Crippen LogP contribution in [0.4, 0.5) is 13.2 Å². The molecule has 1 rings (SSSR count). The van der Waals surface area contributed by atoms with Gasteiger partial charge in [-0.1, -0.05) is 0 Å². The molecule has 0 saturated carbocycles. The maximum absolute atomic E-state index is 12.3. The minimum Gasteiger partial charge on any atom is -0.466 e. The lowest BCUT2D eigenvalue weighted by Crippen LogP contribution is -2.05. The summed E-state index contributed by atoms with van der Waals surface area (Å²) in [5.41, 5.74) is -0.681. The fourth-order valence-corrected chi connectivity index (χ4v) is 0.936. The number of hydrogen-bond donors (Lipinski definition) is 0. The number of carbonyl (C=O) groups is 1. The van der Waals surface area contributed by atoms with E-state index in [1.54, 1.807) is 0 Å². The second kappa shape index (κ2) is 4.78. The Morgan fingerprint density at radius 1 is 1.44 bits per heavy atom. The SMILES string of the molecule is COC(=O)/C=C/c1cncc(C(F)(F)F)c1. The Hall–Kier alpha value is -1.85. The average molecular weight is 231 g/mol. The van der Waals surface area contributed by atoms with Crippen molar-refractivity contribution in [3.8, 4) is 0 Å². The van der Waals surface area contributed by atoms with Crippen LogP contribution < -0.4 is 0 Å². The van der Waals surface area contributed by atoms with Crippen molar-refractivity contribution in [3.05, 3.63) is 35.7 Å². The first-order valence-corrected chi connectivity index (χ1v) is 4.22. The number of nitrogens with zero attached hydrogens (tertiary/aromatic N) is 1. The van der Waals surface area contributed by atoms with Crippen LogP contribution in [0.1, 0.15) is 11.1 Å². The Balaban J connectivity index is 2.91. The smallest absolute Gasteiger partial charge is 0.417 e. The van der Waals surface area contributed by atoms with Crippen LogP contribution in [0.3, 0.4) is 0 Å². The molecule has 0 N–H and O–H groups in total. The van der Waals surface area contributed by atoms with Crippen molar-refractivity contribution in [3.63, 3.8) is 0 Å². The molecule has 0 radical (unpaired) electrons. The predicted molar refractivity (Wildman–Crippen MR) is 50.3 cm³/mol. The van der Waals surface area contributed by atoms with Crippen molar-refractivity contribution in [1.82, 2.24) is 4.98 Å². The standard InChI is InChI=1S/C10H8F3NO2/c1-16-9(15)3-2-7-4-8(6-14-5-7)10(11,12)13/h2-6H,1H3/b3-2+. The largest absolute Gasteiger partial charge is 0.466 e. The highest BCUT2D eigenvalue weighted by Gasteiger charge is 2.30. The highest BCUT2D eigenvalue weighted by atomic mass is 19.4. The molecule has 0 saturated heterocycles. The zero-order valence-electron chi connectivity index (χ0n) is 8.28. The minimum atomic E-state index is -4.44. The van der Waals surface area contributed by atoms with Crippen molar-refractivity contribution in [2.24, 2.45) is 0 Å². The van der Waals surface area contributed by atoms with Crippen LogP contribution in [0.15, 0.2) is 24.5 Å². The molecule has 0 aliphatic heterocycles. The molecule has 0 aliphatic rings. The molecular weight excluding hydrogens is 223 g/mol. The van der Waals surface area contributed by atoms with E-state index in [1.165, 1.54) is 19.4 Å². The van der Waals surface area contributed by atoms with Crippen molar-refractivity contribution in [1.29, 1.82) is 0 Å². The summed E-state index contributed by atoms with van der Waals surface area (Å²) in [4.78, 5) is 14.1. The van der Waals surface area contributed by atoms with E-state index >= 15 is 0 Å². The van der Waals surface area contributed by atoms with Gasteiger partial charge in [-0.05, 0) is 17.7 Å². The van der Waals surface area contributed by atoms with Gasteiger partial charge in [0.25, 0.3) is 0 Å². The van der Waals surface area contributed by atoms with E-state index in [4.69, 9.17) is 0 Å². The van der Waals surface area contributed by atoms with Crippen LogP contribution in [0.2, 0.25) is 0 Å². The van der Waals surface area contributed by atoms with Crippen LogP contribution in [0.25, 0.3) is 6.08 Å². The van der Waals surface area contributed by atoms with Gasteiger partial charge in [0.15, 0.2) is 0 Å². The molecule has 6 heteroatoms. The molecular formula is C10H8F3NO2. The molecule has 0 bridgehead atoms. The molecule has 0 aromatic carbocycles. The fraction of sp³-hybridized carbons (Fsp3) is 0.200. The summed E-state index contributed by atoms with van der Waals surface area (Å²) in [6, 6.07) is 0.895. The molecule has 3 nitrogen and oxygen atoms in total. The summed E-state index contributed by atoms with van der Waals surface area (Å²) in [5, 5.41) is 0. The summed E-state index contributed by atoms with van der Waals surface area (Å²) < 4.78 is 41.1. The first-order valence-electron chi connectivity index (χ1n) is 4.22. The number of alkyl halides is 3. The molecule has 0 aliphatic carbocycles. The normalized spacial score (nSPS) is 11.8. The van der Waals surface area contributed by atoms with E-state index in [1.807, 2.05) is 0 Å². The van der Waals surface area contributed by atoms with Crippen molar-refractivity contribution in [2.75, 3.05) is 7.11 Å². The summed E-state index contributed by atoms with van der Waals surface area (Å²) in [7, 11) is 1.18. The number of halogens is 3. The predicted octanol–water partition coefficient (Wildman–Crippen LogP) is 2.29. The lowest BCUT2D eigenvalue weighted by Gasteiger charge is -2.05. The lowest BCUT2D eigenvalue weighted by molar-refractivity contribution is -0.138. The van der Waals surface area contributed by atoms with E-state index in [0.717, 1.165) is 18.3 Å². The zero-order valence-corrected chi connectivity index (χ0v) is 8.28. The maximum Gasteiger partial charge on any atom is 0.417 e. The van der Waals surface area contributed by atoms with Crippen LogP contribution in [-0.4, -0.2) is 18.1 Å². The van der Waals surface area contributed by atoms with Gasteiger partial charge in [0.05, 0.1) is 12.7 Å². The molecule has 1 heterocycles. The molecule has 16 heavy (non-hydrogen) atoms. The van der Waals surface area contributed by atoms with E-state index in [9.17, 15) is 18.0 Å². The van der Waals surface area contributed by atoms with Gasteiger partial charge < -0.3 is 4.74 Å². The molecule has 0 spiro atoms. The van der Waals surface area contributed by atoms with Gasteiger partial charge in [0.2, 0.25) is 0 Å².